The summed E-state index contributed by atoms with van der Waals surface area (Å²) in [7, 11) is 0. The van der Waals surface area contributed by atoms with Crippen LogP contribution in [-0.2, 0) is 4.79 Å². The Morgan fingerprint density at radius 1 is 1.26 bits per heavy atom. The number of nitrogens with one attached hydrogen (secondary N) is 1. The zero-order chi connectivity index (χ0) is 14.1. The van der Waals surface area contributed by atoms with Gasteiger partial charge >= 0.3 is 0 Å². The second kappa shape index (κ2) is 8.95. The van der Waals surface area contributed by atoms with Crippen molar-refractivity contribution in [3.05, 3.63) is 23.8 Å². The summed E-state index contributed by atoms with van der Waals surface area (Å²) in [4.78, 5) is 11.8. The highest BCUT2D eigenvalue weighted by Gasteiger charge is 2.14. The molecule has 0 aromatic heterocycles. The minimum atomic E-state index is 0.0842. The summed E-state index contributed by atoms with van der Waals surface area (Å²) in [5.74, 6) is 0.550. The first-order valence-corrected chi connectivity index (χ1v) is 7.70. The monoisotopic (exact) mass is 263 g/mol. The lowest BCUT2D eigenvalue weighted by Gasteiger charge is -2.22. The average molecular weight is 263 g/mol. The highest BCUT2D eigenvalue weighted by atomic mass is 16.1. The fraction of sp³-hybridized carbons (Fsp3) is 0.706. The molecule has 2 nitrogen and oxygen atoms in total. The Kier molecular flexibility index (Phi) is 7.54. The fourth-order valence-electron chi connectivity index (χ4n) is 2.48. The molecule has 1 aliphatic carbocycles. The normalized spacial score (nSPS) is 18.3. The molecule has 2 heteroatoms. The molecular weight excluding hydrogens is 234 g/mol. The van der Waals surface area contributed by atoms with Gasteiger partial charge in [-0.2, -0.15) is 0 Å². The van der Waals surface area contributed by atoms with Crippen LogP contribution in [0.5, 0.6) is 0 Å². The maximum Gasteiger partial charge on any atom is 0.243 e. The van der Waals surface area contributed by atoms with Crippen LogP contribution in [0.4, 0.5) is 0 Å². The van der Waals surface area contributed by atoms with Crippen molar-refractivity contribution in [2.75, 3.05) is 0 Å². The molecule has 19 heavy (non-hydrogen) atoms. The molecule has 1 aliphatic rings. The minimum absolute atomic E-state index is 0.0842. The SMILES string of the molecule is CC(C)=CCC[C@@H](C)/C=C/C(=O)NC1CCCCC1. The van der Waals surface area contributed by atoms with Gasteiger partial charge in [0.05, 0.1) is 0 Å². The number of amides is 1. The minimum Gasteiger partial charge on any atom is -0.350 e. The van der Waals surface area contributed by atoms with E-state index in [0.717, 1.165) is 25.7 Å². The third-order valence-corrected chi connectivity index (χ3v) is 3.70. The molecule has 0 unspecified atom stereocenters. The third kappa shape index (κ3) is 7.86. The second-order valence-corrected chi connectivity index (χ2v) is 6.04. The number of hydrogen-bond donors (Lipinski definition) is 1. The standard InChI is InChI=1S/C17H29NO/c1-14(2)8-7-9-15(3)12-13-17(19)18-16-10-5-4-6-11-16/h8,12-13,15-16H,4-7,9-11H2,1-3H3,(H,18,19)/b13-12+/t15-/m1/s1. The van der Waals surface area contributed by atoms with Gasteiger partial charge in [-0.1, -0.05) is 43.9 Å². The average Bonchev–Trinajstić information content (AvgIpc) is 2.37. The highest BCUT2D eigenvalue weighted by molar-refractivity contribution is 5.87. The first kappa shape index (κ1) is 16.0. The van der Waals surface area contributed by atoms with Crippen LogP contribution >= 0.6 is 0 Å². The third-order valence-electron chi connectivity index (χ3n) is 3.70. The van der Waals surface area contributed by atoms with Gasteiger partial charge in [0, 0.05) is 6.04 Å². The summed E-state index contributed by atoms with van der Waals surface area (Å²) in [6.07, 6.45) is 14.4. The molecule has 1 fully saturated rings. The molecule has 1 saturated carbocycles. The number of allylic oxidation sites excluding steroid dienone is 3. The molecule has 108 valence electrons. The molecule has 0 bridgehead atoms. The van der Waals surface area contributed by atoms with E-state index in [1.807, 2.05) is 6.08 Å². The van der Waals surface area contributed by atoms with E-state index in [-0.39, 0.29) is 5.91 Å². The van der Waals surface area contributed by atoms with Crippen LogP contribution in [0.1, 0.15) is 65.7 Å². The Morgan fingerprint density at radius 2 is 1.95 bits per heavy atom. The molecule has 1 rings (SSSR count). The van der Waals surface area contributed by atoms with Crippen LogP contribution in [0, 0.1) is 5.92 Å². The van der Waals surface area contributed by atoms with E-state index < -0.39 is 0 Å². The Balaban J connectivity index is 2.22. The van der Waals surface area contributed by atoms with Crippen LogP contribution in [0.25, 0.3) is 0 Å². The van der Waals surface area contributed by atoms with Crippen molar-refractivity contribution in [2.45, 2.75) is 71.8 Å². The van der Waals surface area contributed by atoms with E-state index >= 15 is 0 Å². The van der Waals surface area contributed by atoms with Crippen LogP contribution in [0.2, 0.25) is 0 Å². The van der Waals surface area contributed by atoms with Gasteiger partial charge in [0.15, 0.2) is 0 Å². The van der Waals surface area contributed by atoms with Crippen molar-refractivity contribution >= 4 is 5.91 Å². The van der Waals surface area contributed by atoms with Crippen molar-refractivity contribution in [1.82, 2.24) is 5.32 Å². The predicted molar refractivity (Wildman–Crippen MR) is 82.0 cm³/mol. The van der Waals surface area contributed by atoms with Gasteiger partial charge in [0.2, 0.25) is 5.91 Å². The Bertz CT molecular complexity index is 320. The van der Waals surface area contributed by atoms with E-state index in [2.05, 4.69) is 32.2 Å². The van der Waals surface area contributed by atoms with Crippen molar-refractivity contribution in [2.24, 2.45) is 5.92 Å². The molecule has 1 atom stereocenters. The summed E-state index contributed by atoms with van der Waals surface area (Å²) in [6.45, 7) is 6.42. The van der Waals surface area contributed by atoms with Gasteiger partial charge in [-0.15, -0.1) is 0 Å². The second-order valence-electron chi connectivity index (χ2n) is 6.04. The van der Waals surface area contributed by atoms with E-state index in [0.29, 0.717) is 12.0 Å². The molecule has 1 amide bonds. The van der Waals surface area contributed by atoms with Crippen molar-refractivity contribution in [3.8, 4) is 0 Å². The summed E-state index contributed by atoms with van der Waals surface area (Å²) >= 11 is 0. The van der Waals surface area contributed by atoms with E-state index in [1.54, 1.807) is 6.08 Å². The van der Waals surface area contributed by atoms with Gasteiger partial charge in [-0.25, -0.2) is 0 Å². The zero-order valence-corrected chi connectivity index (χ0v) is 12.7. The fourth-order valence-corrected chi connectivity index (χ4v) is 2.48. The first-order valence-electron chi connectivity index (χ1n) is 7.70. The van der Waals surface area contributed by atoms with Gasteiger partial charge in [-0.05, 0) is 51.5 Å². The van der Waals surface area contributed by atoms with Gasteiger partial charge in [0.1, 0.15) is 0 Å². The van der Waals surface area contributed by atoms with Crippen LogP contribution in [0.15, 0.2) is 23.8 Å². The van der Waals surface area contributed by atoms with E-state index in [4.69, 9.17) is 0 Å². The van der Waals surface area contributed by atoms with Crippen molar-refractivity contribution in [3.63, 3.8) is 0 Å². The van der Waals surface area contributed by atoms with Gasteiger partial charge in [-0.3, -0.25) is 4.79 Å². The molecule has 0 aromatic rings. The molecule has 0 saturated heterocycles. The van der Waals surface area contributed by atoms with Crippen LogP contribution < -0.4 is 5.32 Å². The predicted octanol–water partition coefficient (Wildman–Crippen LogP) is 4.37. The Morgan fingerprint density at radius 3 is 2.58 bits per heavy atom. The van der Waals surface area contributed by atoms with Crippen LogP contribution in [0.3, 0.4) is 0 Å². The first-order chi connectivity index (χ1) is 9.08. The Hall–Kier alpha value is -1.05. The molecule has 0 aliphatic heterocycles. The summed E-state index contributed by atoms with van der Waals surface area (Å²) in [6, 6.07) is 0.409. The van der Waals surface area contributed by atoms with Gasteiger partial charge in [0.25, 0.3) is 0 Å². The molecule has 0 radical (unpaired) electrons. The molecule has 0 heterocycles. The summed E-state index contributed by atoms with van der Waals surface area (Å²) in [5.41, 5.74) is 1.37. The van der Waals surface area contributed by atoms with Gasteiger partial charge < -0.3 is 5.32 Å². The number of hydrogen-bond acceptors (Lipinski definition) is 1. The van der Waals surface area contributed by atoms with Crippen LogP contribution in [-0.4, -0.2) is 11.9 Å². The lowest BCUT2D eigenvalue weighted by molar-refractivity contribution is -0.117. The largest absolute Gasteiger partial charge is 0.350 e. The number of carbonyl (C=O) groups excluding carboxylic acids is 1. The highest BCUT2D eigenvalue weighted by Crippen LogP contribution is 2.17. The summed E-state index contributed by atoms with van der Waals surface area (Å²) < 4.78 is 0. The molecule has 0 aromatic carbocycles. The van der Waals surface area contributed by atoms with E-state index in [9.17, 15) is 4.79 Å². The Labute approximate surface area is 118 Å². The zero-order valence-electron chi connectivity index (χ0n) is 12.7. The maximum absolute atomic E-state index is 11.8. The quantitative estimate of drug-likeness (QED) is 0.559. The lowest BCUT2D eigenvalue weighted by atomic mass is 9.95. The topological polar surface area (TPSA) is 29.1 Å². The lowest BCUT2D eigenvalue weighted by Crippen LogP contribution is -2.35. The van der Waals surface area contributed by atoms with E-state index in [1.165, 1.54) is 24.8 Å². The summed E-state index contributed by atoms with van der Waals surface area (Å²) in [5, 5.41) is 3.11. The maximum atomic E-state index is 11.8. The molecule has 1 N–H and O–H groups in total. The molecular formula is C17H29NO. The molecule has 0 spiro atoms. The number of rotatable bonds is 6. The smallest absolute Gasteiger partial charge is 0.243 e. The van der Waals surface area contributed by atoms with Crippen molar-refractivity contribution < 1.29 is 4.79 Å². The number of carbonyl (C=O) groups is 1. The van der Waals surface area contributed by atoms with Crippen molar-refractivity contribution in [1.29, 1.82) is 0 Å².